The van der Waals surface area contributed by atoms with Crippen molar-refractivity contribution in [1.29, 1.82) is 0 Å². The van der Waals surface area contributed by atoms with Crippen molar-refractivity contribution in [3.63, 3.8) is 0 Å². The number of Topliss-reactive ketones (excluding diaryl/α,β-unsaturated/α-hetero) is 1. The Morgan fingerprint density at radius 2 is 1.60 bits per heavy atom. The molecular formula is C28H44N4O7S. The van der Waals surface area contributed by atoms with Crippen molar-refractivity contribution < 1.29 is 34.4 Å². The van der Waals surface area contributed by atoms with Crippen molar-refractivity contribution >= 4 is 29.5 Å². The van der Waals surface area contributed by atoms with E-state index in [-0.39, 0.29) is 13.2 Å². The lowest BCUT2D eigenvalue weighted by Crippen LogP contribution is -2.65. The van der Waals surface area contributed by atoms with Gasteiger partial charge in [0, 0.05) is 12.7 Å². The molecule has 2 aromatic rings. The van der Waals surface area contributed by atoms with Crippen LogP contribution in [0.3, 0.4) is 0 Å². The summed E-state index contributed by atoms with van der Waals surface area (Å²) < 4.78 is 6.27. The van der Waals surface area contributed by atoms with Gasteiger partial charge in [0.1, 0.15) is 10.8 Å². The number of amides is 2. The molecule has 1 unspecified atom stereocenters. The molecule has 1 heterocycles. The van der Waals surface area contributed by atoms with Crippen molar-refractivity contribution in [2.24, 2.45) is 5.92 Å². The summed E-state index contributed by atoms with van der Waals surface area (Å²) in [6.07, 6.45) is 1.49. The van der Waals surface area contributed by atoms with Gasteiger partial charge >= 0.3 is 5.91 Å². The van der Waals surface area contributed by atoms with Gasteiger partial charge in [-0.2, -0.15) is 4.31 Å². The van der Waals surface area contributed by atoms with E-state index < -0.39 is 35.8 Å². The highest BCUT2D eigenvalue weighted by molar-refractivity contribution is 7.97. The van der Waals surface area contributed by atoms with E-state index in [9.17, 15) is 29.7 Å². The second-order valence-corrected chi connectivity index (χ2v) is 10.1. The molecule has 1 atom stereocenters. The predicted molar refractivity (Wildman–Crippen MR) is 155 cm³/mol. The van der Waals surface area contributed by atoms with Gasteiger partial charge in [-0.15, -0.1) is 0 Å². The summed E-state index contributed by atoms with van der Waals surface area (Å²) in [4.78, 5) is 40.9. The van der Waals surface area contributed by atoms with E-state index in [0.717, 1.165) is 34.7 Å². The molecule has 1 aromatic heterocycles. The van der Waals surface area contributed by atoms with Crippen molar-refractivity contribution in [2.75, 3.05) is 19.7 Å². The van der Waals surface area contributed by atoms with Crippen LogP contribution < -0.4 is 15.4 Å². The number of hydrogen-bond donors (Lipinski definition) is 5. The number of ketones is 1. The quantitative estimate of drug-likeness (QED) is 0.186. The number of aliphatic hydroxyl groups is 3. The van der Waals surface area contributed by atoms with Crippen LogP contribution in [0.2, 0.25) is 0 Å². The molecule has 0 aliphatic carbocycles. The van der Waals surface area contributed by atoms with Gasteiger partial charge in [0.2, 0.25) is 11.6 Å². The summed E-state index contributed by atoms with van der Waals surface area (Å²) in [6.45, 7) is 13.8. The van der Waals surface area contributed by atoms with Crippen molar-refractivity contribution in [3.8, 4) is 5.75 Å². The number of pyridine rings is 1. The summed E-state index contributed by atoms with van der Waals surface area (Å²) in [5, 5.41) is 36.0. The van der Waals surface area contributed by atoms with Crippen molar-refractivity contribution in [3.05, 3.63) is 54.2 Å². The fraction of sp³-hybridized carbons (Fsp3) is 0.500. The topological polar surface area (TPSA) is 161 Å². The number of para-hydroxylation sites is 1. The molecule has 12 heteroatoms. The maximum atomic E-state index is 12.7. The molecular weight excluding hydrogens is 536 g/mol. The SMILES string of the molecule is CC.CC(C)C.CCN(Sc1ccccn1)C(O)(O)C(=O)C(C)(O)NC(=O)CNC(=O)COc1ccccc1C. The number of carbonyl (C=O) groups excluding carboxylic acids is 3. The highest BCUT2D eigenvalue weighted by Crippen LogP contribution is 2.28. The van der Waals surface area contributed by atoms with Gasteiger partial charge in [-0.25, -0.2) is 4.98 Å². The van der Waals surface area contributed by atoms with Crippen LogP contribution in [0.25, 0.3) is 0 Å². The molecule has 40 heavy (non-hydrogen) atoms. The minimum atomic E-state index is -3.14. The van der Waals surface area contributed by atoms with Gasteiger partial charge in [0.05, 0.1) is 6.54 Å². The zero-order valence-electron chi connectivity index (χ0n) is 24.6. The predicted octanol–water partition coefficient (Wildman–Crippen LogP) is 2.63. The van der Waals surface area contributed by atoms with Crippen LogP contribution >= 0.6 is 11.9 Å². The van der Waals surface area contributed by atoms with Crippen LogP contribution in [-0.2, 0) is 14.4 Å². The second kappa shape index (κ2) is 18.3. The molecule has 5 N–H and O–H groups in total. The Kier molecular flexibility index (Phi) is 17.0. The zero-order valence-corrected chi connectivity index (χ0v) is 25.4. The van der Waals surface area contributed by atoms with Crippen LogP contribution in [0, 0.1) is 12.8 Å². The number of likely N-dealkylation sites (N-methyl/N-ethyl adjacent to an activating group) is 1. The van der Waals surface area contributed by atoms with Gasteiger partial charge in [-0.3, -0.25) is 14.4 Å². The number of benzene rings is 1. The third-order valence-electron chi connectivity index (χ3n) is 4.50. The third-order valence-corrected chi connectivity index (χ3v) is 5.67. The van der Waals surface area contributed by atoms with Gasteiger partial charge in [-0.05, 0) is 55.5 Å². The average Bonchev–Trinajstić information content (AvgIpc) is 2.90. The normalized spacial score (nSPS) is 12.2. The van der Waals surface area contributed by atoms with Gasteiger partial charge in [-0.1, -0.05) is 65.8 Å². The Bertz CT molecular complexity index is 1050. The highest BCUT2D eigenvalue weighted by Gasteiger charge is 2.50. The Morgan fingerprint density at radius 3 is 2.12 bits per heavy atom. The van der Waals surface area contributed by atoms with Crippen LogP contribution in [0.15, 0.2) is 53.7 Å². The first kappa shape index (κ1) is 37.0. The molecule has 0 radical (unpaired) electrons. The van der Waals surface area contributed by atoms with Gasteiger partial charge in [0.15, 0.2) is 6.61 Å². The molecule has 1 aromatic carbocycles. The monoisotopic (exact) mass is 580 g/mol. The first-order chi connectivity index (χ1) is 18.7. The molecule has 224 valence electrons. The Labute approximate surface area is 241 Å². The minimum Gasteiger partial charge on any atom is -0.484 e. The Morgan fingerprint density at radius 1 is 1.02 bits per heavy atom. The Balaban J connectivity index is 0.00000232. The first-order valence-corrected chi connectivity index (χ1v) is 13.8. The van der Waals surface area contributed by atoms with E-state index in [4.69, 9.17) is 4.74 Å². The lowest BCUT2D eigenvalue weighted by Gasteiger charge is -2.36. The van der Waals surface area contributed by atoms with Crippen LogP contribution in [0.1, 0.15) is 54.0 Å². The molecule has 0 spiro atoms. The Hall–Kier alpha value is -3.03. The average molecular weight is 581 g/mol. The number of hydrogen-bond acceptors (Lipinski definition) is 10. The van der Waals surface area contributed by atoms with Crippen molar-refractivity contribution in [1.82, 2.24) is 19.9 Å². The molecule has 11 nitrogen and oxygen atoms in total. The number of nitrogens with one attached hydrogen (secondary N) is 2. The van der Waals surface area contributed by atoms with E-state index >= 15 is 0 Å². The van der Waals surface area contributed by atoms with E-state index in [1.54, 1.807) is 37.3 Å². The molecule has 0 aliphatic rings. The standard InChI is InChI=1S/C22H28N4O7S.C4H10.C2H6/c1-4-26(34-19-11-7-8-12-23-19)22(31,32)20(29)21(3,30)25-17(27)13-24-18(28)14-33-16-10-6-5-9-15(16)2;1-4(2)3;1-2/h5-12,30-32H,4,13-14H2,1-3H3,(H,24,28)(H,25,27);4H,1-3H3;1-2H3. The maximum absolute atomic E-state index is 12.7. The van der Waals surface area contributed by atoms with Gasteiger partial charge < -0.3 is 30.7 Å². The number of ether oxygens (including phenoxy) is 1. The highest BCUT2D eigenvalue weighted by atomic mass is 32.2. The molecule has 0 saturated carbocycles. The number of carbonyl (C=O) groups is 3. The largest absolute Gasteiger partial charge is 0.484 e. The summed E-state index contributed by atoms with van der Waals surface area (Å²) >= 11 is 0.784. The lowest BCUT2D eigenvalue weighted by atomic mass is 10.1. The molecule has 0 saturated heterocycles. The third kappa shape index (κ3) is 13.4. The minimum absolute atomic E-state index is 0.0129. The van der Waals surface area contributed by atoms with Crippen molar-refractivity contribution in [2.45, 2.75) is 72.1 Å². The summed E-state index contributed by atoms with van der Waals surface area (Å²) in [7, 11) is 0. The molecule has 0 fully saturated rings. The van der Waals surface area contributed by atoms with E-state index in [2.05, 4.69) is 31.1 Å². The lowest BCUT2D eigenvalue weighted by molar-refractivity contribution is -0.236. The van der Waals surface area contributed by atoms with E-state index in [0.29, 0.717) is 10.8 Å². The van der Waals surface area contributed by atoms with Crippen LogP contribution in [0.4, 0.5) is 0 Å². The zero-order chi connectivity index (χ0) is 30.9. The number of nitrogens with zero attached hydrogens (tertiary/aromatic N) is 2. The van der Waals surface area contributed by atoms with Crippen LogP contribution in [0.5, 0.6) is 5.75 Å². The summed E-state index contributed by atoms with van der Waals surface area (Å²) in [5.74, 6) is -4.82. The molecule has 0 aliphatic heterocycles. The molecule has 2 rings (SSSR count). The first-order valence-electron chi connectivity index (χ1n) is 13.1. The number of rotatable bonds is 12. The van der Waals surface area contributed by atoms with Crippen LogP contribution in [-0.4, -0.2) is 73.5 Å². The van der Waals surface area contributed by atoms with E-state index in [1.807, 2.05) is 38.2 Å². The van der Waals surface area contributed by atoms with E-state index in [1.165, 1.54) is 6.20 Å². The maximum Gasteiger partial charge on any atom is 0.302 e. The second-order valence-electron chi connectivity index (χ2n) is 9.10. The fourth-order valence-electron chi connectivity index (χ4n) is 2.77. The van der Waals surface area contributed by atoms with Gasteiger partial charge in [0.25, 0.3) is 11.7 Å². The summed E-state index contributed by atoms with van der Waals surface area (Å²) in [6, 6.07) is 12.0. The fourth-order valence-corrected chi connectivity index (χ4v) is 3.58. The number of aromatic nitrogens is 1. The smallest absolute Gasteiger partial charge is 0.302 e. The molecule has 0 bridgehead atoms. The number of aryl methyl sites for hydroxylation is 1. The summed E-state index contributed by atoms with van der Waals surface area (Å²) in [5.41, 5.74) is -1.82. The molecule has 2 amide bonds.